The zero-order valence-corrected chi connectivity index (χ0v) is 12.1. The second-order valence-corrected chi connectivity index (χ2v) is 4.82. The first kappa shape index (κ1) is 14.2. The topological polar surface area (TPSA) is 89.8 Å². The van der Waals surface area contributed by atoms with Crippen LogP contribution in [0.1, 0.15) is 13.8 Å². The minimum atomic E-state index is -0.304. The van der Waals surface area contributed by atoms with Gasteiger partial charge in [0.2, 0.25) is 17.8 Å². The lowest BCUT2D eigenvalue weighted by Crippen LogP contribution is -2.32. The van der Waals surface area contributed by atoms with Gasteiger partial charge in [0.1, 0.15) is 6.33 Å². The van der Waals surface area contributed by atoms with E-state index in [4.69, 9.17) is 4.74 Å². The van der Waals surface area contributed by atoms with Gasteiger partial charge < -0.3 is 15.4 Å². The maximum absolute atomic E-state index is 5.35. The minimum absolute atomic E-state index is 0.304. The van der Waals surface area contributed by atoms with Gasteiger partial charge in [-0.25, -0.2) is 4.98 Å². The van der Waals surface area contributed by atoms with E-state index in [2.05, 4.69) is 30.6 Å². The van der Waals surface area contributed by atoms with E-state index in [-0.39, 0.29) is 5.60 Å². The SMILES string of the molecule is CNc1nc(NCC(C)(C)OC)nc(-n2ccnc2)n1. The fraction of sp³-hybridized carbons (Fsp3) is 0.500. The van der Waals surface area contributed by atoms with Crippen LogP contribution in [-0.4, -0.2) is 50.8 Å². The summed E-state index contributed by atoms with van der Waals surface area (Å²) in [5.74, 6) is 1.47. The van der Waals surface area contributed by atoms with Crippen LogP contribution < -0.4 is 10.6 Å². The third kappa shape index (κ3) is 3.41. The number of imidazole rings is 1. The van der Waals surface area contributed by atoms with Gasteiger partial charge >= 0.3 is 0 Å². The molecule has 0 aromatic carbocycles. The van der Waals surface area contributed by atoms with E-state index < -0.39 is 0 Å². The highest BCUT2D eigenvalue weighted by Crippen LogP contribution is 2.12. The van der Waals surface area contributed by atoms with Crippen LogP contribution in [0.25, 0.3) is 5.95 Å². The Morgan fingerprint density at radius 2 is 2.00 bits per heavy atom. The van der Waals surface area contributed by atoms with Gasteiger partial charge in [0, 0.05) is 33.1 Å². The second-order valence-electron chi connectivity index (χ2n) is 4.82. The van der Waals surface area contributed by atoms with Crippen molar-refractivity contribution in [2.75, 3.05) is 31.3 Å². The van der Waals surface area contributed by atoms with Gasteiger partial charge in [0.15, 0.2) is 0 Å². The zero-order chi connectivity index (χ0) is 14.6. The number of nitrogens with zero attached hydrogens (tertiary/aromatic N) is 5. The van der Waals surface area contributed by atoms with Crippen LogP contribution >= 0.6 is 0 Å². The first-order valence-corrected chi connectivity index (χ1v) is 6.25. The van der Waals surface area contributed by atoms with Crippen LogP contribution in [0.4, 0.5) is 11.9 Å². The highest BCUT2D eigenvalue weighted by Gasteiger charge is 2.17. The molecule has 0 aliphatic carbocycles. The molecule has 2 aromatic heterocycles. The number of nitrogens with one attached hydrogen (secondary N) is 2. The number of hydrogen-bond donors (Lipinski definition) is 2. The van der Waals surface area contributed by atoms with Gasteiger partial charge in [-0.15, -0.1) is 0 Å². The Balaban J connectivity index is 2.23. The summed E-state index contributed by atoms with van der Waals surface area (Å²) < 4.78 is 7.07. The molecule has 0 bridgehead atoms. The Hall–Kier alpha value is -2.22. The molecule has 8 heteroatoms. The molecular formula is C12H19N7O. The number of hydrogen-bond acceptors (Lipinski definition) is 7. The Morgan fingerprint density at radius 3 is 2.60 bits per heavy atom. The van der Waals surface area contributed by atoms with Crippen molar-refractivity contribution in [2.24, 2.45) is 0 Å². The van der Waals surface area contributed by atoms with Crippen molar-refractivity contribution >= 4 is 11.9 Å². The molecule has 2 N–H and O–H groups in total. The third-order valence-electron chi connectivity index (χ3n) is 2.81. The van der Waals surface area contributed by atoms with E-state index in [0.29, 0.717) is 24.4 Å². The summed E-state index contributed by atoms with van der Waals surface area (Å²) >= 11 is 0. The monoisotopic (exact) mass is 277 g/mol. The van der Waals surface area contributed by atoms with Gasteiger partial charge in [0.25, 0.3) is 0 Å². The van der Waals surface area contributed by atoms with E-state index >= 15 is 0 Å². The molecule has 0 unspecified atom stereocenters. The lowest BCUT2D eigenvalue weighted by atomic mass is 10.1. The molecule has 0 spiro atoms. The maximum Gasteiger partial charge on any atom is 0.241 e. The van der Waals surface area contributed by atoms with Crippen molar-refractivity contribution in [2.45, 2.75) is 19.4 Å². The number of methoxy groups -OCH3 is 1. The molecule has 20 heavy (non-hydrogen) atoms. The highest BCUT2D eigenvalue weighted by molar-refractivity contribution is 5.37. The molecule has 2 rings (SSSR count). The molecular weight excluding hydrogens is 258 g/mol. The molecule has 8 nitrogen and oxygen atoms in total. The fourth-order valence-electron chi connectivity index (χ4n) is 1.41. The molecule has 0 radical (unpaired) electrons. The van der Waals surface area contributed by atoms with E-state index in [9.17, 15) is 0 Å². The number of ether oxygens (including phenoxy) is 1. The summed E-state index contributed by atoms with van der Waals surface area (Å²) in [6, 6.07) is 0. The molecule has 108 valence electrons. The summed E-state index contributed by atoms with van der Waals surface area (Å²) in [5, 5.41) is 6.07. The van der Waals surface area contributed by atoms with Crippen LogP contribution in [0.3, 0.4) is 0 Å². The summed E-state index contributed by atoms with van der Waals surface area (Å²) in [6.45, 7) is 4.55. The molecule has 0 aliphatic rings. The van der Waals surface area contributed by atoms with Gasteiger partial charge in [-0.05, 0) is 13.8 Å². The van der Waals surface area contributed by atoms with Gasteiger partial charge in [-0.1, -0.05) is 0 Å². The Morgan fingerprint density at radius 1 is 1.25 bits per heavy atom. The highest BCUT2D eigenvalue weighted by atomic mass is 16.5. The average Bonchev–Trinajstić information content (AvgIpc) is 2.99. The summed E-state index contributed by atoms with van der Waals surface area (Å²) in [6.07, 6.45) is 5.08. The average molecular weight is 277 g/mol. The zero-order valence-electron chi connectivity index (χ0n) is 12.1. The van der Waals surface area contributed by atoms with E-state index in [1.165, 1.54) is 0 Å². The lowest BCUT2D eigenvalue weighted by molar-refractivity contribution is 0.0342. The first-order chi connectivity index (χ1) is 9.54. The van der Waals surface area contributed by atoms with E-state index in [1.54, 1.807) is 37.4 Å². The lowest BCUT2D eigenvalue weighted by Gasteiger charge is -2.23. The number of rotatable bonds is 6. The standard InChI is InChI=1S/C12H19N7O/c1-12(2,20-4)7-15-10-16-9(13-3)17-11(18-10)19-6-5-14-8-19/h5-6,8H,7H2,1-4H3,(H2,13,15,16,17,18). The smallest absolute Gasteiger partial charge is 0.241 e. The normalized spacial score (nSPS) is 11.4. The van der Waals surface area contributed by atoms with Crippen molar-refractivity contribution in [1.29, 1.82) is 0 Å². The van der Waals surface area contributed by atoms with Crippen LogP contribution in [0.2, 0.25) is 0 Å². The molecule has 0 amide bonds. The van der Waals surface area contributed by atoms with Gasteiger partial charge in [0.05, 0.1) is 5.60 Å². The number of aromatic nitrogens is 5. The van der Waals surface area contributed by atoms with E-state index in [1.807, 2.05) is 13.8 Å². The Bertz CT molecular complexity index is 553. The van der Waals surface area contributed by atoms with Crippen LogP contribution in [-0.2, 0) is 4.74 Å². The third-order valence-corrected chi connectivity index (χ3v) is 2.81. The van der Waals surface area contributed by atoms with Crippen molar-refractivity contribution in [3.63, 3.8) is 0 Å². The Labute approximate surface area is 117 Å². The number of anilines is 2. The second kappa shape index (κ2) is 5.83. The molecule has 2 aromatic rings. The molecule has 0 fully saturated rings. The minimum Gasteiger partial charge on any atom is -0.377 e. The summed E-state index contributed by atoms with van der Waals surface area (Å²) in [5.41, 5.74) is -0.304. The fourth-order valence-corrected chi connectivity index (χ4v) is 1.41. The molecule has 0 atom stereocenters. The van der Waals surface area contributed by atoms with Crippen molar-refractivity contribution in [3.05, 3.63) is 18.7 Å². The molecule has 2 heterocycles. The van der Waals surface area contributed by atoms with E-state index in [0.717, 1.165) is 0 Å². The van der Waals surface area contributed by atoms with Crippen LogP contribution in [0.15, 0.2) is 18.7 Å². The Kier molecular flexibility index (Phi) is 4.14. The first-order valence-electron chi connectivity index (χ1n) is 6.25. The van der Waals surface area contributed by atoms with Crippen LogP contribution in [0.5, 0.6) is 0 Å². The molecule has 0 saturated carbocycles. The van der Waals surface area contributed by atoms with Gasteiger partial charge in [-0.2, -0.15) is 15.0 Å². The van der Waals surface area contributed by atoms with Crippen molar-refractivity contribution in [3.8, 4) is 5.95 Å². The summed E-state index contributed by atoms with van der Waals surface area (Å²) in [4.78, 5) is 16.9. The van der Waals surface area contributed by atoms with Crippen LogP contribution in [0, 0.1) is 0 Å². The summed E-state index contributed by atoms with van der Waals surface area (Å²) in [7, 11) is 3.43. The largest absolute Gasteiger partial charge is 0.377 e. The molecule has 0 aliphatic heterocycles. The molecule has 0 saturated heterocycles. The predicted octanol–water partition coefficient (Wildman–Crippen LogP) is 0.936. The maximum atomic E-state index is 5.35. The predicted molar refractivity (Wildman–Crippen MR) is 76.1 cm³/mol. The van der Waals surface area contributed by atoms with Crippen molar-refractivity contribution < 1.29 is 4.74 Å². The van der Waals surface area contributed by atoms with Crippen molar-refractivity contribution in [1.82, 2.24) is 24.5 Å². The quantitative estimate of drug-likeness (QED) is 0.812. The van der Waals surface area contributed by atoms with Gasteiger partial charge in [-0.3, -0.25) is 4.57 Å².